The molecule has 1 N–H and O–H groups in total. The van der Waals surface area contributed by atoms with Crippen molar-refractivity contribution in [2.24, 2.45) is 0 Å². The van der Waals surface area contributed by atoms with Crippen LogP contribution >= 0.6 is 0 Å². The predicted molar refractivity (Wildman–Crippen MR) is 117 cm³/mol. The second-order valence-electron chi connectivity index (χ2n) is 7.07. The molecule has 156 valence electrons. The maximum atomic E-state index is 14.5. The van der Waals surface area contributed by atoms with Crippen LogP contribution in [0.15, 0.2) is 83.8 Å². The van der Waals surface area contributed by atoms with E-state index >= 15 is 0 Å². The molecule has 0 radical (unpaired) electrons. The van der Waals surface area contributed by atoms with Gasteiger partial charge in [-0.15, -0.1) is 0 Å². The second-order valence-corrected chi connectivity index (χ2v) is 8.93. The molecule has 0 aromatic heterocycles. The Bertz CT molecular complexity index is 1130. The summed E-state index contributed by atoms with van der Waals surface area (Å²) < 4.78 is 41.7. The normalized spacial score (nSPS) is 11.3. The zero-order valence-corrected chi connectivity index (χ0v) is 17.6. The molecule has 0 bridgehead atoms. The van der Waals surface area contributed by atoms with Gasteiger partial charge in [-0.2, -0.15) is 0 Å². The van der Waals surface area contributed by atoms with Gasteiger partial charge in [-0.05, 0) is 41.8 Å². The first kappa shape index (κ1) is 21.5. The number of rotatable bonds is 7. The van der Waals surface area contributed by atoms with Crippen LogP contribution < -0.4 is 9.62 Å². The van der Waals surface area contributed by atoms with E-state index in [1.807, 2.05) is 26.0 Å². The summed E-state index contributed by atoms with van der Waals surface area (Å²) in [7, 11) is -4.16. The van der Waals surface area contributed by atoms with Crippen molar-refractivity contribution in [2.45, 2.75) is 24.7 Å². The molecule has 3 rings (SSSR count). The van der Waals surface area contributed by atoms with Crippen LogP contribution in [0, 0.1) is 5.82 Å². The van der Waals surface area contributed by atoms with Crippen molar-refractivity contribution in [3.8, 4) is 0 Å². The number of benzene rings is 3. The molecule has 3 aromatic rings. The number of anilines is 2. The van der Waals surface area contributed by atoms with Crippen LogP contribution in [0.1, 0.15) is 25.3 Å². The van der Waals surface area contributed by atoms with Crippen molar-refractivity contribution in [2.75, 3.05) is 16.2 Å². The molecule has 30 heavy (non-hydrogen) atoms. The van der Waals surface area contributed by atoms with Gasteiger partial charge in [0.2, 0.25) is 5.91 Å². The summed E-state index contributed by atoms with van der Waals surface area (Å²) in [5, 5.41) is 2.77. The van der Waals surface area contributed by atoms with Gasteiger partial charge in [0.1, 0.15) is 12.4 Å². The third-order valence-electron chi connectivity index (χ3n) is 4.60. The van der Waals surface area contributed by atoms with Crippen molar-refractivity contribution in [3.63, 3.8) is 0 Å². The first-order chi connectivity index (χ1) is 14.3. The van der Waals surface area contributed by atoms with Gasteiger partial charge in [0.15, 0.2) is 0 Å². The lowest BCUT2D eigenvalue weighted by molar-refractivity contribution is -0.114. The van der Waals surface area contributed by atoms with Crippen molar-refractivity contribution < 1.29 is 17.6 Å². The number of carbonyl (C=O) groups is 1. The minimum atomic E-state index is -4.16. The second kappa shape index (κ2) is 9.09. The largest absolute Gasteiger partial charge is 0.324 e. The molecule has 0 saturated carbocycles. The Balaban J connectivity index is 1.96. The summed E-state index contributed by atoms with van der Waals surface area (Å²) >= 11 is 0. The summed E-state index contributed by atoms with van der Waals surface area (Å²) in [6.45, 7) is 3.43. The predicted octanol–water partition coefficient (Wildman–Crippen LogP) is 4.78. The Hall–Kier alpha value is -3.19. The van der Waals surface area contributed by atoms with Crippen molar-refractivity contribution in [3.05, 3.63) is 90.2 Å². The summed E-state index contributed by atoms with van der Waals surface area (Å²) in [6.07, 6.45) is 0. The van der Waals surface area contributed by atoms with Crippen LogP contribution in [0.5, 0.6) is 0 Å². The van der Waals surface area contributed by atoms with E-state index in [1.165, 1.54) is 30.3 Å². The van der Waals surface area contributed by atoms with Crippen LogP contribution in [0.2, 0.25) is 0 Å². The fourth-order valence-electron chi connectivity index (χ4n) is 3.11. The van der Waals surface area contributed by atoms with E-state index in [9.17, 15) is 17.6 Å². The maximum Gasteiger partial charge on any atom is 0.264 e. The number of halogens is 1. The van der Waals surface area contributed by atoms with Gasteiger partial charge in [-0.3, -0.25) is 9.10 Å². The van der Waals surface area contributed by atoms with Gasteiger partial charge < -0.3 is 5.32 Å². The number of carbonyl (C=O) groups excluding carboxylic acids is 1. The van der Waals surface area contributed by atoms with Gasteiger partial charge in [-0.1, -0.05) is 62.4 Å². The number of nitrogens with zero attached hydrogens (tertiary/aromatic N) is 1. The van der Waals surface area contributed by atoms with Crippen LogP contribution in [-0.4, -0.2) is 20.9 Å². The Morgan fingerprint density at radius 3 is 2.20 bits per heavy atom. The van der Waals surface area contributed by atoms with E-state index in [0.29, 0.717) is 5.69 Å². The van der Waals surface area contributed by atoms with E-state index < -0.39 is 28.3 Å². The number of amides is 1. The van der Waals surface area contributed by atoms with E-state index in [0.717, 1.165) is 15.9 Å². The van der Waals surface area contributed by atoms with Gasteiger partial charge >= 0.3 is 0 Å². The van der Waals surface area contributed by atoms with Crippen LogP contribution in [0.3, 0.4) is 0 Å². The lowest BCUT2D eigenvalue weighted by atomic mass is 10.0. The van der Waals surface area contributed by atoms with E-state index in [1.54, 1.807) is 30.3 Å². The Kier molecular flexibility index (Phi) is 6.52. The first-order valence-electron chi connectivity index (χ1n) is 9.52. The molecular formula is C23H23FN2O3S. The summed E-state index contributed by atoms with van der Waals surface area (Å²) in [6, 6.07) is 20.5. The fraction of sp³-hybridized carbons (Fsp3) is 0.174. The Labute approximate surface area is 176 Å². The number of nitrogens with one attached hydrogen (secondary N) is 1. The molecule has 7 heteroatoms. The lowest BCUT2D eigenvalue weighted by Gasteiger charge is -2.25. The molecule has 3 aromatic carbocycles. The molecule has 0 unspecified atom stereocenters. The number of sulfonamides is 1. The SMILES string of the molecule is CC(C)c1ccccc1NC(=O)CN(c1ccccc1F)S(=O)(=O)c1ccccc1. The molecule has 0 fully saturated rings. The minimum Gasteiger partial charge on any atom is -0.324 e. The molecule has 5 nitrogen and oxygen atoms in total. The molecular weight excluding hydrogens is 403 g/mol. The summed E-state index contributed by atoms with van der Waals surface area (Å²) in [5.74, 6) is -1.13. The highest BCUT2D eigenvalue weighted by Crippen LogP contribution is 2.27. The quantitative estimate of drug-likeness (QED) is 0.591. The zero-order chi connectivity index (χ0) is 21.7. The molecule has 0 aliphatic carbocycles. The van der Waals surface area contributed by atoms with Crippen molar-refractivity contribution in [1.82, 2.24) is 0 Å². The monoisotopic (exact) mass is 426 g/mol. The van der Waals surface area contributed by atoms with Crippen LogP contribution in [0.25, 0.3) is 0 Å². The molecule has 0 spiro atoms. The van der Waals surface area contributed by atoms with Gasteiger partial charge in [0, 0.05) is 5.69 Å². The third-order valence-corrected chi connectivity index (χ3v) is 6.37. The van der Waals surface area contributed by atoms with E-state index in [4.69, 9.17) is 0 Å². The lowest BCUT2D eigenvalue weighted by Crippen LogP contribution is -2.38. The standard InChI is InChI=1S/C23H23FN2O3S/c1-17(2)19-12-6-8-14-21(19)25-23(27)16-26(22-15-9-7-13-20(22)24)30(28,29)18-10-4-3-5-11-18/h3-15,17H,16H2,1-2H3,(H,25,27). The summed E-state index contributed by atoms with van der Waals surface area (Å²) in [5.41, 5.74) is 1.34. The molecule has 0 aliphatic heterocycles. The zero-order valence-electron chi connectivity index (χ0n) is 16.7. The highest BCUT2D eigenvalue weighted by molar-refractivity contribution is 7.92. The first-order valence-corrected chi connectivity index (χ1v) is 11.0. The average Bonchev–Trinajstić information content (AvgIpc) is 2.73. The van der Waals surface area contributed by atoms with Crippen molar-refractivity contribution >= 4 is 27.3 Å². The molecule has 1 amide bonds. The number of hydrogen-bond donors (Lipinski definition) is 1. The molecule has 0 aliphatic rings. The van der Waals surface area contributed by atoms with Crippen LogP contribution in [-0.2, 0) is 14.8 Å². The van der Waals surface area contributed by atoms with Crippen LogP contribution in [0.4, 0.5) is 15.8 Å². The molecule has 0 saturated heterocycles. The van der Waals surface area contributed by atoms with Gasteiger partial charge in [-0.25, -0.2) is 12.8 Å². The maximum absolute atomic E-state index is 14.5. The molecule has 0 heterocycles. The fourth-order valence-corrected chi connectivity index (χ4v) is 4.56. The number of hydrogen-bond acceptors (Lipinski definition) is 3. The minimum absolute atomic E-state index is 0.0244. The number of para-hydroxylation sites is 2. The third kappa shape index (κ3) is 4.68. The van der Waals surface area contributed by atoms with Gasteiger partial charge in [0.25, 0.3) is 10.0 Å². The Morgan fingerprint density at radius 1 is 0.933 bits per heavy atom. The highest BCUT2D eigenvalue weighted by atomic mass is 32.2. The van der Waals surface area contributed by atoms with E-state index in [2.05, 4.69) is 5.32 Å². The summed E-state index contributed by atoms with van der Waals surface area (Å²) in [4.78, 5) is 12.8. The van der Waals surface area contributed by atoms with E-state index in [-0.39, 0.29) is 16.5 Å². The Morgan fingerprint density at radius 2 is 1.53 bits per heavy atom. The molecule has 0 atom stereocenters. The van der Waals surface area contributed by atoms with Crippen molar-refractivity contribution in [1.29, 1.82) is 0 Å². The average molecular weight is 427 g/mol. The van der Waals surface area contributed by atoms with Gasteiger partial charge in [0.05, 0.1) is 10.6 Å². The highest BCUT2D eigenvalue weighted by Gasteiger charge is 2.29. The topological polar surface area (TPSA) is 66.5 Å². The smallest absolute Gasteiger partial charge is 0.264 e.